The smallest absolute Gasteiger partial charge is 0.240 e. The molecule has 0 aliphatic rings. The van der Waals surface area contributed by atoms with Crippen molar-refractivity contribution in [2.24, 2.45) is 0 Å². The number of nitrogens with one attached hydrogen (secondary N) is 2. The molecule has 1 atom stereocenters. The maximum Gasteiger partial charge on any atom is 0.240 e. The lowest BCUT2D eigenvalue weighted by Gasteiger charge is -2.16. The van der Waals surface area contributed by atoms with Crippen LogP contribution in [0, 0.1) is 6.92 Å². The van der Waals surface area contributed by atoms with E-state index in [4.69, 9.17) is 0 Å². The number of sulfonamides is 1. The quantitative estimate of drug-likeness (QED) is 0.863. The van der Waals surface area contributed by atoms with E-state index in [0.717, 1.165) is 11.3 Å². The molecule has 0 spiro atoms. The van der Waals surface area contributed by atoms with Crippen LogP contribution < -0.4 is 10.0 Å². The van der Waals surface area contributed by atoms with Gasteiger partial charge >= 0.3 is 0 Å². The van der Waals surface area contributed by atoms with Crippen LogP contribution in [0.1, 0.15) is 12.5 Å². The predicted molar refractivity (Wildman–Crippen MR) is 85.9 cm³/mol. The molecule has 0 saturated carbocycles. The third-order valence-corrected chi connectivity index (χ3v) is 4.54. The summed E-state index contributed by atoms with van der Waals surface area (Å²) in [6, 6.07) is 16.5. The second-order valence-corrected chi connectivity index (χ2v) is 6.84. The fourth-order valence-electron chi connectivity index (χ4n) is 1.91. The maximum absolute atomic E-state index is 12.2. The van der Waals surface area contributed by atoms with E-state index >= 15 is 0 Å². The van der Waals surface area contributed by atoms with Crippen LogP contribution in [0.25, 0.3) is 0 Å². The number of aryl methyl sites for hydroxylation is 1. The van der Waals surface area contributed by atoms with Crippen LogP contribution in [-0.2, 0) is 10.0 Å². The molecule has 4 nitrogen and oxygen atoms in total. The summed E-state index contributed by atoms with van der Waals surface area (Å²) in [5.74, 6) is 0. The van der Waals surface area contributed by atoms with Crippen molar-refractivity contribution in [2.75, 3.05) is 11.9 Å². The van der Waals surface area contributed by atoms with E-state index in [1.165, 1.54) is 0 Å². The van der Waals surface area contributed by atoms with Gasteiger partial charge in [-0.3, -0.25) is 0 Å². The van der Waals surface area contributed by atoms with E-state index in [9.17, 15) is 8.42 Å². The highest BCUT2D eigenvalue weighted by Gasteiger charge is 2.14. The molecule has 0 aliphatic carbocycles. The van der Waals surface area contributed by atoms with Gasteiger partial charge in [0.05, 0.1) is 4.90 Å². The Morgan fingerprint density at radius 3 is 2.24 bits per heavy atom. The minimum absolute atomic E-state index is 0.00683. The molecule has 112 valence electrons. The Hall–Kier alpha value is -1.85. The minimum Gasteiger partial charge on any atom is -0.381 e. The third-order valence-electron chi connectivity index (χ3n) is 3.10. The van der Waals surface area contributed by atoms with Gasteiger partial charge in [0.15, 0.2) is 0 Å². The van der Waals surface area contributed by atoms with Gasteiger partial charge in [-0.2, -0.15) is 0 Å². The van der Waals surface area contributed by atoms with Gasteiger partial charge in [0, 0.05) is 18.3 Å². The summed E-state index contributed by atoms with van der Waals surface area (Å²) in [7, 11) is -3.45. The summed E-state index contributed by atoms with van der Waals surface area (Å²) in [5.41, 5.74) is 2.01. The lowest BCUT2D eigenvalue weighted by atomic mass is 10.2. The molecule has 0 fully saturated rings. The van der Waals surface area contributed by atoms with Crippen LogP contribution in [0.15, 0.2) is 59.5 Å². The summed E-state index contributed by atoms with van der Waals surface area (Å²) in [6.07, 6.45) is 0. The molecular formula is C16H20N2O2S. The first-order chi connectivity index (χ1) is 9.97. The summed E-state index contributed by atoms with van der Waals surface area (Å²) in [6.45, 7) is 4.19. The van der Waals surface area contributed by atoms with E-state index < -0.39 is 10.0 Å². The first kappa shape index (κ1) is 15.5. The fraction of sp³-hybridized carbons (Fsp3) is 0.250. The maximum atomic E-state index is 12.2. The van der Waals surface area contributed by atoms with Crippen molar-refractivity contribution in [2.45, 2.75) is 24.8 Å². The lowest BCUT2D eigenvalue weighted by Crippen LogP contribution is -2.34. The normalized spacial score (nSPS) is 12.9. The zero-order chi connectivity index (χ0) is 15.3. The highest BCUT2D eigenvalue weighted by molar-refractivity contribution is 7.89. The summed E-state index contributed by atoms with van der Waals surface area (Å²) in [5, 5.41) is 3.25. The molecule has 0 radical (unpaired) electrons. The Kier molecular flexibility index (Phi) is 4.98. The van der Waals surface area contributed by atoms with Gasteiger partial charge in [-0.05, 0) is 38.1 Å². The molecule has 5 heteroatoms. The van der Waals surface area contributed by atoms with Gasteiger partial charge in [0.1, 0.15) is 0 Å². The molecule has 2 aromatic rings. The topological polar surface area (TPSA) is 58.2 Å². The largest absolute Gasteiger partial charge is 0.381 e. The molecule has 0 heterocycles. The third kappa shape index (κ3) is 4.58. The van der Waals surface area contributed by atoms with E-state index in [-0.39, 0.29) is 6.04 Å². The Labute approximate surface area is 126 Å². The number of anilines is 1. The van der Waals surface area contributed by atoms with Gasteiger partial charge in [-0.1, -0.05) is 35.9 Å². The summed E-state index contributed by atoms with van der Waals surface area (Å²) in [4.78, 5) is 0.292. The second-order valence-electron chi connectivity index (χ2n) is 5.08. The number of hydrogen-bond acceptors (Lipinski definition) is 3. The van der Waals surface area contributed by atoms with Crippen LogP contribution in [0.3, 0.4) is 0 Å². The van der Waals surface area contributed by atoms with Crippen molar-refractivity contribution in [3.63, 3.8) is 0 Å². The molecule has 2 rings (SSSR count). The standard InChI is InChI=1S/C16H20N2O2S/c1-13-8-10-16(11-9-13)21(19,20)17-12-14(2)18-15-6-4-3-5-7-15/h3-11,14,17-18H,12H2,1-2H3. The fourth-order valence-corrected chi connectivity index (χ4v) is 3.04. The lowest BCUT2D eigenvalue weighted by molar-refractivity contribution is 0.577. The van der Waals surface area contributed by atoms with Gasteiger partial charge < -0.3 is 5.32 Å². The van der Waals surface area contributed by atoms with Crippen molar-refractivity contribution in [1.29, 1.82) is 0 Å². The summed E-state index contributed by atoms with van der Waals surface area (Å²) < 4.78 is 26.9. The van der Waals surface area contributed by atoms with Crippen LogP contribution in [0.5, 0.6) is 0 Å². The Bertz CT molecular complexity index is 667. The molecule has 2 N–H and O–H groups in total. The van der Waals surface area contributed by atoms with E-state index in [2.05, 4.69) is 10.0 Å². The van der Waals surface area contributed by atoms with Crippen LogP contribution in [0.2, 0.25) is 0 Å². The monoisotopic (exact) mass is 304 g/mol. The molecule has 0 aromatic heterocycles. The van der Waals surface area contributed by atoms with Crippen molar-refractivity contribution in [3.8, 4) is 0 Å². The van der Waals surface area contributed by atoms with Crippen LogP contribution in [0.4, 0.5) is 5.69 Å². The summed E-state index contributed by atoms with van der Waals surface area (Å²) >= 11 is 0. The highest BCUT2D eigenvalue weighted by atomic mass is 32.2. The molecule has 21 heavy (non-hydrogen) atoms. The molecular weight excluding hydrogens is 284 g/mol. The molecule has 0 aliphatic heterocycles. The number of rotatable bonds is 6. The molecule has 2 aromatic carbocycles. The second kappa shape index (κ2) is 6.74. The van der Waals surface area contributed by atoms with E-state index in [0.29, 0.717) is 11.4 Å². The van der Waals surface area contributed by atoms with Crippen molar-refractivity contribution >= 4 is 15.7 Å². The highest BCUT2D eigenvalue weighted by Crippen LogP contribution is 2.10. The Morgan fingerprint density at radius 1 is 1.00 bits per heavy atom. The van der Waals surface area contributed by atoms with E-state index in [1.54, 1.807) is 24.3 Å². The average Bonchev–Trinajstić information content (AvgIpc) is 2.47. The van der Waals surface area contributed by atoms with Gasteiger partial charge in [0.2, 0.25) is 10.0 Å². The molecule has 1 unspecified atom stereocenters. The number of hydrogen-bond donors (Lipinski definition) is 2. The zero-order valence-corrected chi connectivity index (χ0v) is 13.0. The van der Waals surface area contributed by atoms with Gasteiger partial charge in [-0.25, -0.2) is 13.1 Å². The minimum atomic E-state index is -3.45. The van der Waals surface area contributed by atoms with Gasteiger partial charge in [-0.15, -0.1) is 0 Å². The van der Waals surface area contributed by atoms with Crippen molar-refractivity contribution < 1.29 is 8.42 Å². The SMILES string of the molecule is Cc1ccc(S(=O)(=O)NCC(C)Nc2ccccc2)cc1. The first-order valence-corrected chi connectivity index (χ1v) is 8.33. The number of para-hydroxylation sites is 1. The van der Waals surface area contributed by atoms with Crippen LogP contribution >= 0.6 is 0 Å². The van der Waals surface area contributed by atoms with Crippen LogP contribution in [-0.4, -0.2) is 21.0 Å². The molecule has 0 saturated heterocycles. The average molecular weight is 304 g/mol. The first-order valence-electron chi connectivity index (χ1n) is 6.85. The Balaban J connectivity index is 1.94. The van der Waals surface area contributed by atoms with Gasteiger partial charge in [0.25, 0.3) is 0 Å². The Morgan fingerprint density at radius 2 is 1.62 bits per heavy atom. The van der Waals surface area contributed by atoms with E-state index in [1.807, 2.05) is 44.2 Å². The number of benzene rings is 2. The zero-order valence-electron chi connectivity index (χ0n) is 12.2. The van der Waals surface area contributed by atoms with Crippen molar-refractivity contribution in [1.82, 2.24) is 4.72 Å². The predicted octanol–water partition coefficient (Wildman–Crippen LogP) is 2.77. The molecule has 0 amide bonds. The van der Waals surface area contributed by atoms with Crippen molar-refractivity contribution in [3.05, 3.63) is 60.2 Å². The molecule has 0 bridgehead atoms.